The molecule has 0 unspecified atom stereocenters. The number of alkyl halides is 1. The molecule has 1 aliphatic carbocycles. The molecular weight excluding hydrogens is 306 g/mol. The second-order valence-electron chi connectivity index (χ2n) is 6.20. The van der Waals surface area contributed by atoms with Gasteiger partial charge in [0.25, 0.3) is 5.91 Å². The van der Waals surface area contributed by atoms with E-state index in [0.29, 0.717) is 0 Å². The van der Waals surface area contributed by atoms with Crippen LogP contribution < -0.4 is 5.32 Å². The van der Waals surface area contributed by atoms with Gasteiger partial charge in [-0.25, -0.2) is 0 Å². The molecule has 1 amide bonds. The van der Waals surface area contributed by atoms with Gasteiger partial charge >= 0.3 is 0 Å². The fraction of sp³-hybridized carbons (Fsp3) is 0.350. The molecule has 0 atom stereocenters. The van der Waals surface area contributed by atoms with Crippen LogP contribution >= 0.6 is 11.6 Å². The van der Waals surface area contributed by atoms with E-state index in [1.807, 2.05) is 60.7 Å². The Hall–Kier alpha value is -1.80. The molecule has 3 heteroatoms. The van der Waals surface area contributed by atoms with Crippen LogP contribution in [0.3, 0.4) is 0 Å². The molecule has 0 radical (unpaired) electrons. The van der Waals surface area contributed by atoms with Crippen molar-refractivity contribution >= 4 is 17.5 Å². The Morgan fingerprint density at radius 2 is 1.35 bits per heavy atom. The molecule has 2 aromatic carbocycles. The van der Waals surface area contributed by atoms with Gasteiger partial charge in [-0.3, -0.25) is 4.79 Å². The highest BCUT2D eigenvalue weighted by atomic mass is 35.5. The van der Waals surface area contributed by atoms with Crippen molar-refractivity contribution in [3.63, 3.8) is 0 Å². The molecule has 1 N–H and O–H groups in total. The van der Waals surface area contributed by atoms with E-state index in [9.17, 15) is 4.79 Å². The summed E-state index contributed by atoms with van der Waals surface area (Å²) in [5, 5.41) is 3.19. The SMILES string of the molecule is O=C(NC1CCCCC1)C(Cl)(c1ccccc1)c1ccccc1. The minimum atomic E-state index is -1.18. The zero-order valence-corrected chi connectivity index (χ0v) is 13.9. The summed E-state index contributed by atoms with van der Waals surface area (Å²) in [5.41, 5.74) is 1.61. The van der Waals surface area contributed by atoms with Crippen LogP contribution in [0.2, 0.25) is 0 Å². The van der Waals surface area contributed by atoms with Gasteiger partial charge < -0.3 is 5.32 Å². The molecule has 2 aromatic rings. The van der Waals surface area contributed by atoms with Crippen molar-refractivity contribution in [3.8, 4) is 0 Å². The Balaban J connectivity index is 1.93. The van der Waals surface area contributed by atoms with Crippen molar-refractivity contribution in [1.82, 2.24) is 5.32 Å². The fourth-order valence-corrected chi connectivity index (χ4v) is 3.60. The van der Waals surface area contributed by atoms with Crippen molar-refractivity contribution in [2.24, 2.45) is 0 Å². The van der Waals surface area contributed by atoms with E-state index in [2.05, 4.69) is 5.32 Å². The van der Waals surface area contributed by atoms with Gasteiger partial charge in [0.15, 0.2) is 4.87 Å². The Bertz CT molecular complexity index is 596. The van der Waals surface area contributed by atoms with Gasteiger partial charge in [-0.05, 0) is 24.0 Å². The smallest absolute Gasteiger partial charge is 0.250 e. The summed E-state index contributed by atoms with van der Waals surface area (Å²) in [7, 11) is 0. The Labute approximate surface area is 142 Å². The zero-order valence-electron chi connectivity index (χ0n) is 13.2. The molecule has 0 bridgehead atoms. The Morgan fingerprint density at radius 1 is 0.870 bits per heavy atom. The molecule has 0 aromatic heterocycles. The van der Waals surface area contributed by atoms with Crippen molar-refractivity contribution < 1.29 is 4.79 Å². The van der Waals surface area contributed by atoms with Gasteiger partial charge in [-0.1, -0.05) is 91.5 Å². The molecule has 23 heavy (non-hydrogen) atoms. The van der Waals surface area contributed by atoms with Crippen molar-refractivity contribution in [1.29, 1.82) is 0 Å². The lowest BCUT2D eigenvalue weighted by Gasteiger charge is -2.31. The third kappa shape index (κ3) is 3.42. The quantitative estimate of drug-likeness (QED) is 0.816. The first kappa shape index (κ1) is 16.1. The number of carbonyl (C=O) groups is 1. The number of benzene rings is 2. The van der Waals surface area contributed by atoms with Gasteiger partial charge in [-0.15, -0.1) is 0 Å². The normalized spacial score (nSPS) is 16.0. The number of hydrogen-bond acceptors (Lipinski definition) is 1. The lowest BCUT2D eigenvalue weighted by molar-refractivity contribution is -0.123. The number of hydrogen-bond donors (Lipinski definition) is 1. The number of halogens is 1. The summed E-state index contributed by atoms with van der Waals surface area (Å²) in [6.45, 7) is 0. The lowest BCUT2D eigenvalue weighted by Crippen LogP contribution is -2.46. The van der Waals surface area contributed by atoms with Gasteiger partial charge in [0.05, 0.1) is 0 Å². The summed E-state index contributed by atoms with van der Waals surface area (Å²) in [6.07, 6.45) is 5.70. The van der Waals surface area contributed by atoms with E-state index in [0.717, 1.165) is 24.0 Å². The van der Waals surface area contributed by atoms with Crippen molar-refractivity contribution in [2.75, 3.05) is 0 Å². The summed E-state index contributed by atoms with van der Waals surface area (Å²) < 4.78 is 0. The minimum Gasteiger partial charge on any atom is -0.351 e. The predicted molar refractivity (Wildman–Crippen MR) is 94.5 cm³/mol. The molecule has 1 aliphatic rings. The first-order valence-electron chi connectivity index (χ1n) is 8.32. The van der Waals surface area contributed by atoms with E-state index >= 15 is 0 Å². The summed E-state index contributed by atoms with van der Waals surface area (Å²) in [4.78, 5) is 11.9. The molecule has 0 heterocycles. The van der Waals surface area contributed by atoms with Gasteiger partial charge in [-0.2, -0.15) is 0 Å². The average Bonchev–Trinajstić information content (AvgIpc) is 2.63. The first-order chi connectivity index (χ1) is 11.2. The molecule has 120 valence electrons. The van der Waals surface area contributed by atoms with Gasteiger partial charge in [0.1, 0.15) is 0 Å². The molecule has 0 aliphatic heterocycles. The van der Waals surface area contributed by atoms with E-state index in [4.69, 9.17) is 11.6 Å². The molecular formula is C20H22ClNO. The molecule has 1 fully saturated rings. The van der Waals surface area contributed by atoms with E-state index in [-0.39, 0.29) is 11.9 Å². The lowest BCUT2D eigenvalue weighted by atomic mass is 9.88. The molecule has 3 rings (SSSR count). The highest BCUT2D eigenvalue weighted by Gasteiger charge is 2.40. The Morgan fingerprint density at radius 3 is 1.83 bits per heavy atom. The number of nitrogens with one attached hydrogen (secondary N) is 1. The van der Waals surface area contributed by atoms with E-state index in [1.54, 1.807) is 0 Å². The second-order valence-corrected chi connectivity index (χ2v) is 6.77. The highest BCUT2D eigenvalue weighted by molar-refractivity contribution is 6.37. The maximum atomic E-state index is 13.1. The Kier molecular flexibility index (Phi) is 5.02. The number of carbonyl (C=O) groups excluding carboxylic acids is 1. The molecule has 0 spiro atoms. The number of amides is 1. The summed E-state index contributed by atoms with van der Waals surface area (Å²) >= 11 is 6.95. The summed E-state index contributed by atoms with van der Waals surface area (Å²) in [5.74, 6) is -0.122. The largest absolute Gasteiger partial charge is 0.351 e. The van der Waals surface area contributed by atoms with Crippen LogP contribution in [0.5, 0.6) is 0 Å². The highest BCUT2D eigenvalue weighted by Crippen LogP contribution is 2.37. The topological polar surface area (TPSA) is 29.1 Å². The van der Waals surface area contributed by atoms with E-state index < -0.39 is 4.87 Å². The zero-order chi connectivity index (χ0) is 16.1. The average molecular weight is 328 g/mol. The standard InChI is InChI=1S/C20H22ClNO/c21-20(16-10-4-1-5-11-16,17-12-6-2-7-13-17)19(23)22-18-14-8-3-9-15-18/h1-2,4-7,10-13,18H,3,8-9,14-15H2,(H,22,23). The van der Waals surface area contributed by atoms with E-state index in [1.165, 1.54) is 19.3 Å². The molecule has 0 saturated heterocycles. The maximum absolute atomic E-state index is 13.1. The van der Waals surface area contributed by atoms with Crippen LogP contribution in [0.4, 0.5) is 0 Å². The van der Waals surface area contributed by atoms with Crippen LogP contribution in [0, 0.1) is 0 Å². The van der Waals surface area contributed by atoms with Crippen LogP contribution in [0.15, 0.2) is 60.7 Å². The van der Waals surface area contributed by atoms with Gasteiger partial charge in [0, 0.05) is 6.04 Å². The van der Waals surface area contributed by atoms with Crippen molar-refractivity contribution in [3.05, 3.63) is 71.8 Å². The van der Waals surface area contributed by atoms with Crippen LogP contribution in [0.25, 0.3) is 0 Å². The van der Waals surface area contributed by atoms with Crippen LogP contribution in [-0.4, -0.2) is 11.9 Å². The third-order valence-corrected chi connectivity index (χ3v) is 5.20. The second kappa shape index (κ2) is 7.18. The summed E-state index contributed by atoms with van der Waals surface area (Å²) in [6, 6.07) is 19.5. The number of rotatable bonds is 4. The third-order valence-electron chi connectivity index (χ3n) is 4.60. The molecule has 1 saturated carbocycles. The monoisotopic (exact) mass is 327 g/mol. The van der Waals surface area contributed by atoms with Crippen molar-refractivity contribution in [2.45, 2.75) is 43.0 Å². The predicted octanol–water partition coefficient (Wildman–Crippen LogP) is 4.62. The first-order valence-corrected chi connectivity index (χ1v) is 8.70. The minimum absolute atomic E-state index is 0.122. The van der Waals surface area contributed by atoms with Gasteiger partial charge in [0.2, 0.25) is 0 Å². The fourth-order valence-electron chi connectivity index (χ4n) is 3.30. The maximum Gasteiger partial charge on any atom is 0.250 e. The molecule has 2 nitrogen and oxygen atoms in total. The van der Waals surface area contributed by atoms with Crippen LogP contribution in [0.1, 0.15) is 43.2 Å². The van der Waals surface area contributed by atoms with Crippen LogP contribution in [-0.2, 0) is 9.67 Å².